The van der Waals surface area contributed by atoms with Gasteiger partial charge in [0.2, 0.25) is 5.56 Å². The molecule has 0 atom stereocenters. The number of benzene rings is 3. The predicted molar refractivity (Wildman–Crippen MR) is 180 cm³/mol. The molecule has 0 unspecified atom stereocenters. The van der Waals surface area contributed by atoms with Crippen molar-refractivity contribution >= 4 is 34.9 Å². The van der Waals surface area contributed by atoms with Gasteiger partial charge in [0, 0.05) is 81.4 Å². The van der Waals surface area contributed by atoms with Gasteiger partial charge >= 0.3 is 0 Å². The Morgan fingerprint density at radius 3 is 2.52 bits per heavy atom. The minimum atomic E-state index is -0.0748. The Labute approximate surface area is 267 Å². The summed E-state index contributed by atoms with van der Waals surface area (Å²) in [6, 6.07) is 25.9. The maximum absolute atomic E-state index is 12.7. The van der Waals surface area contributed by atoms with Crippen LogP contribution >= 0.6 is 23.5 Å². The van der Waals surface area contributed by atoms with Crippen molar-refractivity contribution in [2.45, 2.75) is 44.9 Å². The molecule has 0 aliphatic carbocycles. The third-order valence-electron chi connectivity index (χ3n) is 8.68. The molecule has 44 heavy (non-hydrogen) atoms. The summed E-state index contributed by atoms with van der Waals surface area (Å²) >= 11 is 3.61. The van der Waals surface area contributed by atoms with Gasteiger partial charge < -0.3 is 29.6 Å². The van der Waals surface area contributed by atoms with E-state index in [0.717, 1.165) is 74.7 Å². The van der Waals surface area contributed by atoms with Gasteiger partial charge in [-0.3, -0.25) is 4.79 Å². The highest BCUT2D eigenvalue weighted by molar-refractivity contribution is 8.05. The van der Waals surface area contributed by atoms with Gasteiger partial charge in [-0.2, -0.15) is 0 Å². The largest absolute Gasteiger partial charge is 0.497 e. The number of anilines is 2. The highest BCUT2D eigenvalue weighted by Crippen LogP contribution is 2.52. The number of piperidine rings is 1. The molecule has 228 valence electrons. The van der Waals surface area contributed by atoms with Crippen LogP contribution in [0.2, 0.25) is 0 Å². The second-order valence-corrected chi connectivity index (χ2v) is 13.7. The average Bonchev–Trinajstić information content (AvgIpc) is 3.07. The molecule has 3 aliphatic heterocycles. The lowest BCUT2D eigenvalue weighted by Crippen LogP contribution is -2.40. The fourth-order valence-corrected chi connectivity index (χ4v) is 8.61. The molecule has 2 fully saturated rings. The molecule has 0 radical (unpaired) electrons. The Bertz CT molecular complexity index is 1660. The van der Waals surface area contributed by atoms with E-state index in [4.69, 9.17) is 9.47 Å². The summed E-state index contributed by atoms with van der Waals surface area (Å²) in [6.45, 7) is 6.31. The number of morpholine rings is 1. The standard InChI is InChI=1S/C35H38N4O3S2/c1-41-28-8-5-24(6-9-28)11-14-38-15-12-25(13-16-38)36-26-7-10-31-33(21-26)43-32-4-2-3-29(35(32)44-31)30-22-27(23-34(40)37-30)39-17-19-42-20-18-39/h2-10,21-23,25,36H,11-20H2,1H3,(H,37,40). The van der Waals surface area contributed by atoms with Gasteiger partial charge in [0.1, 0.15) is 5.75 Å². The summed E-state index contributed by atoms with van der Waals surface area (Å²) in [6.07, 6.45) is 3.37. The van der Waals surface area contributed by atoms with E-state index in [1.54, 1.807) is 24.9 Å². The molecular weight excluding hydrogens is 589 g/mol. The first kappa shape index (κ1) is 29.3. The molecule has 1 aromatic heterocycles. The van der Waals surface area contributed by atoms with Crippen molar-refractivity contribution in [1.82, 2.24) is 9.88 Å². The number of hydrogen-bond donors (Lipinski definition) is 2. The number of nitrogens with zero attached hydrogens (tertiary/aromatic N) is 2. The molecule has 0 spiro atoms. The summed E-state index contributed by atoms with van der Waals surface area (Å²) in [5.74, 6) is 0.914. The summed E-state index contributed by atoms with van der Waals surface area (Å²) in [5, 5.41) is 3.83. The minimum absolute atomic E-state index is 0.0748. The molecular formula is C35H38N4O3S2. The number of fused-ring (bicyclic) bond motifs is 2. The summed E-state index contributed by atoms with van der Waals surface area (Å²) in [4.78, 5) is 25.5. The van der Waals surface area contributed by atoms with Gasteiger partial charge in [0.25, 0.3) is 0 Å². The first-order valence-electron chi connectivity index (χ1n) is 15.4. The van der Waals surface area contributed by atoms with Gasteiger partial charge in [0.15, 0.2) is 0 Å². The fourth-order valence-electron chi connectivity index (χ4n) is 6.20. The first-order chi connectivity index (χ1) is 21.6. The molecule has 9 heteroatoms. The van der Waals surface area contributed by atoms with E-state index in [2.05, 4.69) is 74.7 Å². The van der Waals surface area contributed by atoms with E-state index in [0.29, 0.717) is 19.3 Å². The Hall–Kier alpha value is -3.37. The quantitative estimate of drug-likeness (QED) is 0.199. The monoisotopic (exact) mass is 626 g/mol. The van der Waals surface area contributed by atoms with E-state index >= 15 is 0 Å². The number of aromatic amines is 1. The van der Waals surface area contributed by atoms with Crippen molar-refractivity contribution in [3.8, 4) is 17.0 Å². The number of H-pyrrole nitrogens is 1. The van der Waals surface area contributed by atoms with Crippen LogP contribution in [0.1, 0.15) is 18.4 Å². The van der Waals surface area contributed by atoms with E-state index in [1.165, 1.54) is 30.8 Å². The van der Waals surface area contributed by atoms with Crippen LogP contribution in [0.3, 0.4) is 0 Å². The third kappa shape index (κ3) is 6.66. The smallest absolute Gasteiger partial charge is 0.250 e. The molecule has 2 N–H and O–H groups in total. The Morgan fingerprint density at radius 2 is 1.73 bits per heavy atom. The third-order valence-corrected chi connectivity index (χ3v) is 11.3. The van der Waals surface area contributed by atoms with Crippen LogP contribution in [0.5, 0.6) is 5.75 Å². The zero-order chi connectivity index (χ0) is 29.9. The molecule has 0 bridgehead atoms. The van der Waals surface area contributed by atoms with E-state index in [9.17, 15) is 4.79 Å². The van der Waals surface area contributed by atoms with E-state index in [1.807, 2.05) is 23.9 Å². The predicted octanol–water partition coefficient (Wildman–Crippen LogP) is 6.62. The van der Waals surface area contributed by atoms with Crippen LogP contribution in [0, 0.1) is 0 Å². The van der Waals surface area contributed by atoms with Crippen LogP contribution < -0.4 is 20.5 Å². The van der Waals surface area contributed by atoms with E-state index < -0.39 is 0 Å². The number of ether oxygens (including phenoxy) is 2. The lowest BCUT2D eigenvalue weighted by molar-refractivity contribution is 0.122. The molecule has 3 aromatic carbocycles. The van der Waals surface area contributed by atoms with Crippen molar-refractivity contribution in [2.75, 3.05) is 63.3 Å². The second kappa shape index (κ2) is 13.3. The van der Waals surface area contributed by atoms with Gasteiger partial charge in [-0.25, -0.2) is 0 Å². The lowest BCUT2D eigenvalue weighted by atomic mass is 10.0. The minimum Gasteiger partial charge on any atom is -0.497 e. The number of pyridine rings is 1. The molecule has 2 saturated heterocycles. The molecule has 7 nitrogen and oxygen atoms in total. The van der Waals surface area contributed by atoms with Crippen LogP contribution in [-0.2, 0) is 11.2 Å². The van der Waals surface area contributed by atoms with Crippen LogP contribution in [-0.4, -0.2) is 69.0 Å². The van der Waals surface area contributed by atoms with Crippen molar-refractivity contribution < 1.29 is 9.47 Å². The maximum Gasteiger partial charge on any atom is 0.250 e. The zero-order valence-electron chi connectivity index (χ0n) is 25.0. The summed E-state index contributed by atoms with van der Waals surface area (Å²) < 4.78 is 10.8. The Kier molecular flexibility index (Phi) is 8.88. The average molecular weight is 627 g/mol. The summed E-state index contributed by atoms with van der Waals surface area (Å²) in [5.41, 5.74) is 5.36. The van der Waals surface area contributed by atoms with E-state index in [-0.39, 0.29) is 5.56 Å². The highest BCUT2D eigenvalue weighted by atomic mass is 32.2. The molecule has 0 amide bonds. The van der Waals surface area contributed by atoms with Crippen LogP contribution in [0.4, 0.5) is 11.4 Å². The normalized spacial score (nSPS) is 17.2. The fraction of sp³-hybridized carbons (Fsp3) is 0.343. The number of likely N-dealkylation sites (tertiary alicyclic amines) is 1. The van der Waals surface area contributed by atoms with Gasteiger partial charge in [0.05, 0.1) is 26.0 Å². The molecule has 4 aromatic rings. The lowest BCUT2D eigenvalue weighted by Gasteiger charge is -2.33. The van der Waals surface area contributed by atoms with Crippen LogP contribution in [0.25, 0.3) is 11.3 Å². The number of rotatable bonds is 8. The van der Waals surface area contributed by atoms with Crippen molar-refractivity contribution in [2.24, 2.45) is 0 Å². The van der Waals surface area contributed by atoms with Gasteiger partial charge in [-0.15, -0.1) is 0 Å². The molecule has 7 rings (SSSR count). The first-order valence-corrected chi connectivity index (χ1v) is 17.1. The number of aromatic nitrogens is 1. The molecule has 4 heterocycles. The van der Waals surface area contributed by atoms with Gasteiger partial charge in [-0.1, -0.05) is 47.8 Å². The summed E-state index contributed by atoms with van der Waals surface area (Å²) in [7, 11) is 1.71. The highest BCUT2D eigenvalue weighted by Gasteiger charge is 2.24. The number of nitrogens with one attached hydrogen (secondary N) is 2. The van der Waals surface area contributed by atoms with Crippen molar-refractivity contribution in [3.05, 3.63) is 88.7 Å². The Morgan fingerprint density at radius 1 is 0.909 bits per heavy atom. The second-order valence-electron chi connectivity index (χ2n) is 11.6. The van der Waals surface area contributed by atoms with Crippen molar-refractivity contribution in [1.29, 1.82) is 0 Å². The zero-order valence-corrected chi connectivity index (χ0v) is 26.6. The molecule has 3 aliphatic rings. The van der Waals surface area contributed by atoms with Gasteiger partial charge in [-0.05, 0) is 67.3 Å². The topological polar surface area (TPSA) is 69.8 Å². The SMILES string of the molecule is COc1ccc(CCN2CCC(Nc3ccc4c(c3)Sc3cccc(-c5cc(N6CCOCC6)cc(=O)[nH]5)c3S4)CC2)cc1. The number of hydrogen-bond acceptors (Lipinski definition) is 8. The molecule has 0 saturated carbocycles. The van der Waals surface area contributed by atoms with Crippen molar-refractivity contribution in [3.63, 3.8) is 0 Å². The number of methoxy groups -OCH3 is 1. The van der Waals surface area contributed by atoms with Crippen LogP contribution in [0.15, 0.2) is 97.2 Å². The Balaban J connectivity index is 0.988. The maximum atomic E-state index is 12.7.